The van der Waals surface area contributed by atoms with Crippen molar-refractivity contribution in [3.8, 4) is 0 Å². The smallest absolute Gasteiger partial charge is 0.491 e. The van der Waals surface area contributed by atoms with Gasteiger partial charge in [-0.3, -0.25) is 0 Å². The zero-order chi connectivity index (χ0) is 13.3. The normalized spacial score (nSPS) is 13.5. The van der Waals surface area contributed by atoms with Crippen molar-refractivity contribution in [3.05, 3.63) is 12.3 Å². The monoisotopic (exact) mass is 262 g/mol. The maximum absolute atomic E-state index is 5.79. The van der Waals surface area contributed by atoms with Crippen LogP contribution in [0, 0.1) is 0 Å². The van der Waals surface area contributed by atoms with Crippen LogP contribution < -0.4 is 0 Å². The molecule has 0 aliphatic carbocycles. The van der Waals surface area contributed by atoms with Crippen LogP contribution in [0.1, 0.15) is 41.0 Å². The fourth-order valence-electron chi connectivity index (χ4n) is 1.66. The van der Waals surface area contributed by atoms with Crippen molar-refractivity contribution in [2.24, 2.45) is 0 Å². The van der Waals surface area contributed by atoms with E-state index in [0.717, 1.165) is 6.42 Å². The average Bonchev–Trinajstić information content (AvgIpc) is 2.26. The Labute approximate surface area is 106 Å². The molecule has 0 bridgehead atoms. The van der Waals surface area contributed by atoms with Crippen LogP contribution in [-0.4, -0.2) is 34.4 Å². The molecule has 17 heavy (non-hydrogen) atoms. The molecule has 1 atom stereocenters. The van der Waals surface area contributed by atoms with Crippen molar-refractivity contribution >= 4 is 8.80 Å². The van der Waals surface area contributed by atoms with Gasteiger partial charge >= 0.3 is 8.80 Å². The summed E-state index contributed by atoms with van der Waals surface area (Å²) in [5.41, 5.74) is -0.181. The summed E-state index contributed by atoms with van der Waals surface area (Å²) in [6.45, 7) is 15.1. The lowest BCUT2D eigenvalue weighted by Gasteiger charge is -2.34. The quantitative estimate of drug-likeness (QED) is 0.448. The molecule has 0 aromatic carbocycles. The lowest BCUT2D eigenvalue weighted by molar-refractivity contribution is 0.0101. The zero-order valence-electron chi connectivity index (χ0n) is 11.7. The van der Waals surface area contributed by atoms with Crippen molar-refractivity contribution in [2.45, 2.75) is 46.8 Å². The molecule has 0 N–H and O–H groups in total. The van der Waals surface area contributed by atoms with E-state index in [1.165, 1.54) is 0 Å². The maximum Gasteiger partial charge on any atom is 0.543 e. The highest BCUT2D eigenvalue weighted by atomic mass is 28.4. The molecule has 0 aliphatic heterocycles. The first-order chi connectivity index (χ1) is 8.06. The Morgan fingerprint density at radius 3 is 1.65 bits per heavy atom. The molecular weight excluding hydrogens is 236 g/mol. The van der Waals surface area contributed by atoms with Crippen LogP contribution in [0.3, 0.4) is 0 Å². The number of hydrogen-bond acceptors (Lipinski definition) is 4. The summed E-state index contributed by atoms with van der Waals surface area (Å²) in [5, 5.41) is 0. The van der Waals surface area contributed by atoms with Gasteiger partial charge in [0.1, 0.15) is 0 Å². The van der Waals surface area contributed by atoms with E-state index in [4.69, 9.17) is 18.0 Å². The SMILES string of the molecule is C=C(C)OC(CC)[Si](OCC)(OCC)OCC. The second kappa shape index (κ2) is 8.69. The molecule has 0 radical (unpaired) electrons. The summed E-state index contributed by atoms with van der Waals surface area (Å²) in [6.07, 6.45) is 0.777. The van der Waals surface area contributed by atoms with E-state index in [0.29, 0.717) is 25.6 Å². The molecule has 0 amide bonds. The van der Waals surface area contributed by atoms with Gasteiger partial charge < -0.3 is 18.0 Å². The van der Waals surface area contributed by atoms with Crippen LogP contribution in [-0.2, 0) is 18.0 Å². The van der Waals surface area contributed by atoms with Gasteiger partial charge in [0, 0.05) is 19.8 Å². The lowest BCUT2D eigenvalue weighted by Crippen LogP contribution is -2.57. The molecule has 0 aromatic rings. The Morgan fingerprint density at radius 1 is 1.00 bits per heavy atom. The molecule has 0 rings (SSSR count). The average molecular weight is 262 g/mol. The number of hydrogen-bond donors (Lipinski definition) is 0. The summed E-state index contributed by atoms with van der Waals surface area (Å²) >= 11 is 0. The predicted octanol–water partition coefficient (Wildman–Crippen LogP) is 2.90. The highest BCUT2D eigenvalue weighted by Crippen LogP contribution is 2.22. The van der Waals surface area contributed by atoms with Crippen LogP contribution in [0.4, 0.5) is 0 Å². The van der Waals surface area contributed by atoms with Crippen LogP contribution in [0.25, 0.3) is 0 Å². The van der Waals surface area contributed by atoms with Crippen molar-refractivity contribution in [1.29, 1.82) is 0 Å². The molecule has 0 aliphatic rings. The molecule has 0 aromatic heterocycles. The Kier molecular flexibility index (Phi) is 8.50. The van der Waals surface area contributed by atoms with Gasteiger partial charge in [-0.15, -0.1) is 0 Å². The molecule has 0 saturated carbocycles. The van der Waals surface area contributed by atoms with Gasteiger partial charge in [0.2, 0.25) is 0 Å². The van der Waals surface area contributed by atoms with E-state index in [9.17, 15) is 0 Å². The molecule has 0 fully saturated rings. The summed E-state index contributed by atoms with van der Waals surface area (Å²) in [4.78, 5) is 0. The van der Waals surface area contributed by atoms with Crippen LogP contribution >= 0.6 is 0 Å². The zero-order valence-corrected chi connectivity index (χ0v) is 12.7. The summed E-state index contributed by atoms with van der Waals surface area (Å²) in [6, 6.07) is 0. The minimum absolute atomic E-state index is 0.181. The number of allylic oxidation sites excluding steroid dienone is 1. The topological polar surface area (TPSA) is 36.9 Å². The highest BCUT2D eigenvalue weighted by Gasteiger charge is 2.50. The summed E-state index contributed by atoms with van der Waals surface area (Å²) in [5.74, 6) is 0.660. The third-order valence-corrected chi connectivity index (χ3v) is 5.53. The van der Waals surface area contributed by atoms with Gasteiger partial charge in [0.05, 0.1) is 5.76 Å². The largest absolute Gasteiger partial charge is 0.543 e. The van der Waals surface area contributed by atoms with E-state index < -0.39 is 8.80 Å². The van der Waals surface area contributed by atoms with Crippen molar-refractivity contribution in [2.75, 3.05) is 19.8 Å². The standard InChI is InChI=1S/C12H26O4Si/c1-7-12(16-11(5)6)17(13-8-2,14-9-3)15-10-4/h12H,5,7-10H2,1-4,6H3. The third-order valence-electron chi connectivity index (χ3n) is 2.15. The Morgan fingerprint density at radius 2 is 1.41 bits per heavy atom. The van der Waals surface area contributed by atoms with Gasteiger partial charge in [-0.1, -0.05) is 13.5 Å². The molecule has 0 saturated heterocycles. The Bertz CT molecular complexity index is 204. The lowest BCUT2D eigenvalue weighted by atomic mass is 10.5. The molecule has 0 heterocycles. The van der Waals surface area contributed by atoms with Gasteiger partial charge in [0.25, 0.3) is 0 Å². The van der Waals surface area contributed by atoms with E-state index in [-0.39, 0.29) is 5.73 Å². The van der Waals surface area contributed by atoms with E-state index in [1.54, 1.807) is 0 Å². The fourth-order valence-corrected chi connectivity index (χ4v) is 4.52. The first-order valence-corrected chi connectivity index (χ1v) is 8.10. The second-order valence-electron chi connectivity index (χ2n) is 3.62. The fraction of sp³-hybridized carbons (Fsp3) is 0.833. The van der Waals surface area contributed by atoms with E-state index in [2.05, 4.69) is 6.58 Å². The third kappa shape index (κ3) is 5.20. The first-order valence-electron chi connectivity index (χ1n) is 6.30. The van der Waals surface area contributed by atoms with Crippen molar-refractivity contribution in [1.82, 2.24) is 0 Å². The number of ether oxygens (including phenoxy) is 1. The second-order valence-corrected chi connectivity index (χ2v) is 6.34. The minimum atomic E-state index is -2.77. The van der Waals surface area contributed by atoms with Gasteiger partial charge in [-0.25, -0.2) is 0 Å². The molecule has 4 nitrogen and oxygen atoms in total. The van der Waals surface area contributed by atoms with Gasteiger partial charge in [-0.05, 0) is 34.1 Å². The number of rotatable bonds is 10. The molecule has 5 heteroatoms. The predicted molar refractivity (Wildman–Crippen MR) is 70.6 cm³/mol. The summed E-state index contributed by atoms with van der Waals surface area (Å²) in [7, 11) is -2.77. The van der Waals surface area contributed by atoms with Crippen molar-refractivity contribution in [3.63, 3.8) is 0 Å². The van der Waals surface area contributed by atoms with Gasteiger partial charge in [-0.2, -0.15) is 0 Å². The van der Waals surface area contributed by atoms with Crippen molar-refractivity contribution < 1.29 is 18.0 Å². The maximum atomic E-state index is 5.79. The molecular formula is C12H26O4Si. The Balaban J connectivity index is 4.96. The molecule has 102 valence electrons. The minimum Gasteiger partial charge on any atom is -0.491 e. The highest BCUT2D eigenvalue weighted by molar-refractivity contribution is 6.62. The summed E-state index contributed by atoms with van der Waals surface area (Å²) < 4.78 is 23.1. The van der Waals surface area contributed by atoms with Crippen LogP contribution in [0.2, 0.25) is 0 Å². The molecule has 0 spiro atoms. The molecule has 1 unspecified atom stereocenters. The van der Waals surface area contributed by atoms with E-state index in [1.807, 2.05) is 34.6 Å². The van der Waals surface area contributed by atoms with Crippen LogP contribution in [0.15, 0.2) is 12.3 Å². The Hall–Kier alpha value is -0.363. The van der Waals surface area contributed by atoms with E-state index >= 15 is 0 Å². The van der Waals surface area contributed by atoms with Crippen LogP contribution in [0.5, 0.6) is 0 Å². The van der Waals surface area contributed by atoms with Gasteiger partial charge in [0.15, 0.2) is 5.73 Å². The first kappa shape index (κ1) is 16.6.